The molecule has 0 aromatic rings. The second-order valence-corrected chi connectivity index (χ2v) is 5.34. The van der Waals surface area contributed by atoms with Crippen molar-refractivity contribution in [2.24, 2.45) is 5.92 Å². The van der Waals surface area contributed by atoms with Crippen LogP contribution in [0.1, 0.15) is 32.6 Å². The van der Waals surface area contributed by atoms with Crippen molar-refractivity contribution < 1.29 is 19.0 Å². The Balaban J connectivity index is 2.06. The molecule has 5 nitrogen and oxygen atoms in total. The zero-order valence-corrected chi connectivity index (χ0v) is 12.4. The van der Waals surface area contributed by atoms with Crippen molar-refractivity contribution in [3.63, 3.8) is 0 Å². The number of hydrogen-bond acceptors (Lipinski definition) is 5. The highest BCUT2D eigenvalue weighted by molar-refractivity contribution is 5.80. The summed E-state index contributed by atoms with van der Waals surface area (Å²) in [6, 6.07) is 0. The first-order valence-corrected chi connectivity index (χ1v) is 7.05. The number of esters is 1. The number of unbranched alkanes of at least 4 members (excludes halogenated alkanes) is 1. The average Bonchev–Trinajstić information content (AvgIpc) is 2.94. The summed E-state index contributed by atoms with van der Waals surface area (Å²) in [4.78, 5) is 11.6. The first-order valence-electron chi connectivity index (χ1n) is 7.05. The fraction of sp³-hybridized carbons (Fsp3) is 0.929. The van der Waals surface area contributed by atoms with Gasteiger partial charge in [0.1, 0.15) is 5.54 Å². The van der Waals surface area contributed by atoms with Gasteiger partial charge in [0, 0.05) is 19.1 Å². The molecule has 0 spiro atoms. The van der Waals surface area contributed by atoms with E-state index in [-0.39, 0.29) is 5.97 Å². The number of rotatable bonds is 9. The molecule has 2 atom stereocenters. The van der Waals surface area contributed by atoms with Crippen molar-refractivity contribution >= 4 is 5.97 Å². The van der Waals surface area contributed by atoms with Crippen LogP contribution in [-0.2, 0) is 19.0 Å². The maximum atomic E-state index is 11.6. The van der Waals surface area contributed by atoms with Crippen LogP contribution >= 0.6 is 0 Å². The number of nitrogens with one attached hydrogen (secondary N) is 1. The van der Waals surface area contributed by atoms with Crippen LogP contribution in [0.3, 0.4) is 0 Å². The highest BCUT2D eigenvalue weighted by atomic mass is 16.5. The van der Waals surface area contributed by atoms with Crippen molar-refractivity contribution in [3.8, 4) is 0 Å². The van der Waals surface area contributed by atoms with Crippen LogP contribution in [0.25, 0.3) is 0 Å². The first kappa shape index (κ1) is 16.4. The molecule has 1 rings (SSSR count). The van der Waals surface area contributed by atoms with Crippen LogP contribution in [0.15, 0.2) is 0 Å². The fourth-order valence-electron chi connectivity index (χ4n) is 2.20. The van der Waals surface area contributed by atoms with Gasteiger partial charge in [0.2, 0.25) is 0 Å². The molecule has 0 aromatic carbocycles. The number of ether oxygens (including phenoxy) is 3. The number of methoxy groups -OCH3 is 1. The lowest BCUT2D eigenvalue weighted by atomic mass is 9.95. The van der Waals surface area contributed by atoms with Gasteiger partial charge in [-0.25, -0.2) is 0 Å². The molecule has 0 saturated carbocycles. The summed E-state index contributed by atoms with van der Waals surface area (Å²) >= 11 is 0. The zero-order valence-electron chi connectivity index (χ0n) is 12.4. The Bertz CT molecular complexity index is 266. The largest absolute Gasteiger partial charge is 0.468 e. The van der Waals surface area contributed by atoms with Gasteiger partial charge in [0.05, 0.1) is 20.3 Å². The molecule has 0 amide bonds. The molecule has 0 radical (unpaired) electrons. The van der Waals surface area contributed by atoms with Gasteiger partial charge in [-0.2, -0.15) is 0 Å². The van der Waals surface area contributed by atoms with Crippen molar-refractivity contribution in [3.05, 3.63) is 0 Å². The summed E-state index contributed by atoms with van der Waals surface area (Å²) < 4.78 is 15.7. The fourth-order valence-corrected chi connectivity index (χ4v) is 2.20. The maximum absolute atomic E-state index is 11.6. The van der Waals surface area contributed by atoms with Crippen molar-refractivity contribution in [1.29, 1.82) is 0 Å². The minimum absolute atomic E-state index is 0.209. The number of hydrogen-bond donors (Lipinski definition) is 1. The molecule has 5 heteroatoms. The summed E-state index contributed by atoms with van der Waals surface area (Å²) in [7, 11) is 3.21. The average molecular weight is 273 g/mol. The molecule has 19 heavy (non-hydrogen) atoms. The highest BCUT2D eigenvalue weighted by Crippen LogP contribution is 2.16. The van der Waals surface area contributed by atoms with E-state index in [0.717, 1.165) is 52.1 Å². The summed E-state index contributed by atoms with van der Waals surface area (Å²) in [5, 5.41) is 3.03. The van der Waals surface area contributed by atoms with E-state index in [2.05, 4.69) is 5.32 Å². The predicted molar refractivity (Wildman–Crippen MR) is 73.1 cm³/mol. The van der Waals surface area contributed by atoms with E-state index >= 15 is 0 Å². The topological polar surface area (TPSA) is 56.8 Å². The maximum Gasteiger partial charge on any atom is 0.325 e. The van der Waals surface area contributed by atoms with E-state index < -0.39 is 5.54 Å². The standard InChI is InChI=1S/C14H27NO4/c1-14(15-2,13(16)17-3)7-4-5-8-18-10-12-6-9-19-11-12/h12,15H,4-11H2,1-3H3. The first-order chi connectivity index (χ1) is 9.12. The Morgan fingerprint density at radius 2 is 2.26 bits per heavy atom. The van der Waals surface area contributed by atoms with Gasteiger partial charge in [-0.05, 0) is 39.7 Å². The van der Waals surface area contributed by atoms with Gasteiger partial charge < -0.3 is 19.5 Å². The highest BCUT2D eigenvalue weighted by Gasteiger charge is 2.31. The quantitative estimate of drug-likeness (QED) is 0.508. The van der Waals surface area contributed by atoms with Gasteiger partial charge in [0.15, 0.2) is 0 Å². The third-order valence-corrected chi connectivity index (χ3v) is 3.78. The summed E-state index contributed by atoms with van der Waals surface area (Å²) in [6.07, 6.45) is 3.77. The van der Waals surface area contributed by atoms with Crippen molar-refractivity contribution in [2.45, 2.75) is 38.1 Å². The van der Waals surface area contributed by atoms with Gasteiger partial charge in [-0.3, -0.25) is 4.79 Å². The second-order valence-electron chi connectivity index (χ2n) is 5.34. The lowest BCUT2D eigenvalue weighted by Gasteiger charge is -2.25. The lowest BCUT2D eigenvalue weighted by molar-refractivity contribution is -0.148. The smallest absolute Gasteiger partial charge is 0.325 e. The van der Waals surface area contributed by atoms with Crippen molar-refractivity contribution in [2.75, 3.05) is 40.6 Å². The van der Waals surface area contributed by atoms with Crippen LogP contribution in [0, 0.1) is 5.92 Å². The van der Waals surface area contributed by atoms with Crippen LogP contribution < -0.4 is 5.32 Å². The molecule has 0 aromatic heterocycles. The van der Waals surface area contributed by atoms with Crippen LogP contribution in [0.5, 0.6) is 0 Å². The zero-order chi connectivity index (χ0) is 14.1. The molecule has 1 saturated heterocycles. The molecule has 1 N–H and O–H groups in total. The molecule has 1 heterocycles. The second kappa shape index (κ2) is 8.51. The molecular weight excluding hydrogens is 246 g/mol. The summed E-state index contributed by atoms with van der Waals surface area (Å²) in [6.45, 7) is 5.11. The number of likely N-dealkylation sites (N-methyl/N-ethyl adjacent to an activating group) is 1. The van der Waals surface area contributed by atoms with Crippen LogP contribution in [-0.4, -0.2) is 52.1 Å². The molecule has 2 unspecified atom stereocenters. The van der Waals surface area contributed by atoms with Crippen LogP contribution in [0.2, 0.25) is 0 Å². The monoisotopic (exact) mass is 273 g/mol. The summed E-state index contributed by atoms with van der Waals surface area (Å²) in [5.74, 6) is 0.358. The Hall–Kier alpha value is -0.650. The van der Waals surface area contributed by atoms with Gasteiger partial charge >= 0.3 is 5.97 Å². The third kappa shape index (κ3) is 5.47. The van der Waals surface area contributed by atoms with Gasteiger partial charge in [0.25, 0.3) is 0 Å². The van der Waals surface area contributed by atoms with E-state index in [1.165, 1.54) is 7.11 Å². The normalized spacial score (nSPS) is 22.2. The molecular formula is C14H27NO4. The Morgan fingerprint density at radius 1 is 1.47 bits per heavy atom. The SMILES string of the molecule is CNC(C)(CCCCOCC1CCOC1)C(=O)OC. The minimum Gasteiger partial charge on any atom is -0.468 e. The van der Waals surface area contributed by atoms with E-state index in [0.29, 0.717) is 5.92 Å². The van der Waals surface area contributed by atoms with Gasteiger partial charge in [-0.15, -0.1) is 0 Å². The van der Waals surface area contributed by atoms with E-state index in [1.54, 1.807) is 7.05 Å². The third-order valence-electron chi connectivity index (χ3n) is 3.78. The Morgan fingerprint density at radius 3 is 2.84 bits per heavy atom. The van der Waals surface area contributed by atoms with E-state index in [4.69, 9.17) is 14.2 Å². The molecule has 1 aliphatic rings. The summed E-state index contributed by atoms with van der Waals surface area (Å²) in [5.41, 5.74) is -0.589. The number of carbonyl (C=O) groups excluding carboxylic acids is 1. The molecule has 1 fully saturated rings. The van der Waals surface area contributed by atoms with E-state index in [9.17, 15) is 4.79 Å². The van der Waals surface area contributed by atoms with E-state index in [1.807, 2.05) is 6.92 Å². The lowest BCUT2D eigenvalue weighted by Crippen LogP contribution is -2.48. The predicted octanol–water partition coefficient (Wildman–Crippen LogP) is 1.36. The Kier molecular flexibility index (Phi) is 7.34. The molecule has 0 aliphatic carbocycles. The number of carbonyl (C=O) groups is 1. The van der Waals surface area contributed by atoms with Crippen molar-refractivity contribution in [1.82, 2.24) is 5.32 Å². The molecule has 1 aliphatic heterocycles. The minimum atomic E-state index is -0.589. The Labute approximate surface area is 116 Å². The van der Waals surface area contributed by atoms with Gasteiger partial charge in [-0.1, -0.05) is 0 Å². The van der Waals surface area contributed by atoms with Crippen LogP contribution in [0.4, 0.5) is 0 Å². The molecule has 0 bridgehead atoms. The molecule has 112 valence electrons.